The van der Waals surface area contributed by atoms with Gasteiger partial charge in [-0.15, -0.1) is 0 Å². The van der Waals surface area contributed by atoms with Crippen LogP contribution in [0.25, 0.3) is 5.69 Å². The number of hydrogen-bond acceptors (Lipinski definition) is 6. The molecule has 1 unspecified atom stereocenters. The fourth-order valence-electron chi connectivity index (χ4n) is 3.75. The van der Waals surface area contributed by atoms with Crippen molar-refractivity contribution in [2.75, 3.05) is 37.7 Å². The number of nitrogens with zero attached hydrogens (tertiary/aromatic N) is 5. The van der Waals surface area contributed by atoms with E-state index in [0.717, 1.165) is 18.4 Å². The first-order valence-corrected chi connectivity index (χ1v) is 13.0. The molecule has 4 rings (SSSR count). The minimum Gasteiger partial charge on any atom is -0.486 e. The molecule has 1 saturated heterocycles. The van der Waals surface area contributed by atoms with Crippen LogP contribution in [-0.4, -0.2) is 56.1 Å². The zero-order valence-corrected chi connectivity index (χ0v) is 20.7. The third-order valence-electron chi connectivity index (χ3n) is 5.62. The highest BCUT2D eigenvalue weighted by Crippen LogP contribution is 2.26. The summed E-state index contributed by atoms with van der Waals surface area (Å²) >= 11 is 6.12. The zero-order chi connectivity index (χ0) is 23.9. The molecule has 1 aliphatic heterocycles. The van der Waals surface area contributed by atoms with Gasteiger partial charge in [0.2, 0.25) is 5.75 Å². The van der Waals surface area contributed by atoms with E-state index in [0.29, 0.717) is 54.9 Å². The predicted molar refractivity (Wildman–Crippen MR) is 135 cm³/mol. The minimum atomic E-state index is -1.12. The maximum atomic E-state index is 13.4. The highest BCUT2D eigenvalue weighted by Gasteiger charge is 2.25. The van der Waals surface area contributed by atoms with Crippen LogP contribution in [-0.2, 0) is 16.7 Å². The second-order valence-corrected chi connectivity index (χ2v) is 9.88. The quantitative estimate of drug-likeness (QED) is 0.418. The zero-order valence-electron chi connectivity index (χ0n) is 19.1. The molecule has 0 saturated carbocycles. The number of anilines is 1. The molecule has 0 N–H and O–H groups in total. The highest BCUT2D eigenvalue weighted by molar-refractivity contribution is 7.81. The summed E-state index contributed by atoms with van der Waals surface area (Å²) in [5, 5.41) is 4.94. The van der Waals surface area contributed by atoms with Crippen LogP contribution in [0.3, 0.4) is 0 Å². The molecule has 0 aliphatic carbocycles. The molecular formula is C24H28ClN5O3S. The summed E-state index contributed by atoms with van der Waals surface area (Å²) in [7, 11) is -1.12. The van der Waals surface area contributed by atoms with Crippen LogP contribution in [0, 0.1) is 0 Å². The summed E-state index contributed by atoms with van der Waals surface area (Å²) in [6.07, 6.45) is 6.91. The van der Waals surface area contributed by atoms with Gasteiger partial charge in [-0.2, -0.15) is 9.78 Å². The van der Waals surface area contributed by atoms with Crippen molar-refractivity contribution in [3.05, 3.63) is 75.9 Å². The summed E-state index contributed by atoms with van der Waals surface area (Å²) in [5.41, 5.74) is 1.93. The first kappa shape index (κ1) is 24.4. The summed E-state index contributed by atoms with van der Waals surface area (Å²) < 4.78 is 22.1. The predicted octanol–water partition coefficient (Wildman–Crippen LogP) is 3.45. The standard InChI is InChI=1S/C24H28ClN5O3S/c1-2-3-15-33-23-22(17-27-30(24(23)31)21-6-4-5-20(25)16-21)28-11-13-29(14-12-28)34(32)18-19-7-9-26-10-8-19/h4-10,16-17H,2-3,11-15,18H2,1H3. The van der Waals surface area contributed by atoms with E-state index < -0.39 is 11.0 Å². The lowest BCUT2D eigenvalue weighted by Crippen LogP contribution is -2.47. The minimum absolute atomic E-state index is 0.287. The molecule has 1 aromatic carbocycles. The fourth-order valence-corrected chi connectivity index (χ4v) is 5.16. The van der Waals surface area contributed by atoms with Gasteiger partial charge in [-0.05, 0) is 42.3 Å². The first-order valence-electron chi connectivity index (χ1n) is 11.3. The fraction of sp³-hybridized carbons (Fsp3) is 0.375. The highest BCUT2D eigenvalue weighted by atomic mass is 35.5. The van der Waals surface area contributed by atoms with E-state index in [9.17, 15) is 9.00 Å². The van der Waals surface area contributed by atoms with Gasteiger partial charge in [-0.25, -0.2) is 8.51 Å². The van der Waals surface area contributed by atoms with Crippen molar-refractivity contribution in [2.24, 2.45) is 0 Å². The van der Waals surface area contributed by atoms with Crippen LogP contribution in [0.15, 0.2) is 59.8 Å². The summed E-state index contributed by atoms with van der Waals surface area (Å²) in [5.74, 6) is 0.750. The second-order valence-electron chi connectivity index (χ2n) is 8.00. The van der Waals surface area contributed by atoms with E-state index in [2.05, 4.69) is 21.9 Å². The van der Waals surface area contributed by atoms with Gasteiger partial charge in [0.15, 0.2) is 0 Å². The Balaban J connectivity index is 1.52. The second kappa shape index (κ2) is 11.6. The molecule has 34 heavy (non-hydrogen) atoms. The van der Waals surface area contributed by atoms with Gasteiger partial charge in [-0.1, -0.05) is 31.0 Å². The number of ether oxygens (including phenoxy) is 1. The van der Waals surface area contributed by atoms with Crippen LogP contribution in [0.1, 0.15) is 25.3 Å². The number of halogens is 1. The van der Waals surface area contributed by atoms with Crippen molar-refractivity contribution in [3.8, 4) is 11.4 Å². The Hall–Kier alpha value is -2.75. The van der Waals surface area contributed by atoms with Crippen molar-refractivity contribution in [1.29, 1.82) is 0 Å². The number of unbranched alkanes of at least 4 members (excludes halogenated alkanes) is 1. The summed E-state index contributed by atoms with van der Waals surface area (Å²) in [4.78, 5) is 19.4. The number of rotatable bonds is 9. The van der Waals surface area contributed by atoms with Gasteiger partial charge in [-0.3, -0.25) is 9.78 Å². The van der Waals surface area contributed by atoms with E-state index in [1.54, 1.807) is 42.9 Å². The number of piperazine rings is 1. The van der Waals surface area contributed by atoms with Crippen molar-refractivity contribution in [1.82, 2.24) is 19.1 Å². The Morgan fingerprint density at radius 2 is 1.88 bits per heavy atom. The molecule has 8 nitrogen and oxygen atoms in total. The Labute approximate surface area is 206 Å². The van der Waals surface area contributed by atoms with Crippen LogP contribution in [0.5, 0.6) is 5.75 Å². The van der Waals surface area contributed by atoms with Gasteiger partial charge < -0.3 is 9.64 Å². The molecule has 0 bridgehead atoms. The Kier molecular flexibility index (Phi) is 8.31. The van der Waals surface area contributed by atoms with E-state index in [1.165, 1.54) is 4.68 Å². The van der Waals surface area contributed by atoms with Crippen LogP contribution < -0.4 is 15.2 Å². The average molecular weight is 502 g/mol. The summed E-state index contributed by atoms with van der Waals surface area (Å²) in [6, 6.07) is 10.8. The molecule has 0 spiro atoms. The maximum absolute atomic E-state index is 13.4. The van der Waals surface area contributed by atoms with Gasteiger partial charge in [0.05, 0.1) is 35.2 Å². The van der Waals surface area contributed by atoms with Crippen LogP contribution in [0.4, 0.5) is 5.69 Å². The van der Waals surface area contributed by atoms with Crippen molar-refractivity contribution < 1.29 is 8.95 Å². The SMILES string of the molecule is CCCCOc1c(N2CCN(S(=O)Cc3ccncc3)CC2)cnn(-c2cccc(Cl)c2)c1=O. The lowest BCUT2D eigenvalue weighted by molar-refractivity contribution is 0.301. The van der Waals surface area contributed by atoms with Gasteiger partial charge in [0.1, 0.15) is 5.69 Å². The first-order chi connectivity index (χ1) is 16.6. The third kappa shape index (κ3) is 5.84. The van der Waals surface area contributed by atoms with E-state index >= 15 is 0 Å². The monoisotopic (exact) mass is 501 g/mol. The number of aromatic nitrogens is 3. The summed E-state index contributed by atoms with van der Waals surface area (Å²) in [6.45, 7) is 5.00. The molecule has 10 heteroatoms. The van der Waals surface area contributed by atoms with Crippen molar-refractivity contribution in [2.45, 2.75) is 25.5 Å². The molecule has 180 valence electrons. The Bertz CT molecular complexity index is 1180. The molecule has 0 radical (unpaired) electrons. The van der Waals surface area contributed by atoms with Crippen molar-refractivity contribution in [3.63, 3.8) is 0 Å². The topological polar surface area (TPSA) is 80.6 Å². The smallest absolute Gasteiger partial charge is 0.316 e. The molecule has 1 fully saturated rings. The lowest BCUT2D eigenvalue weighted by atomic mass is 10.3. The van der Waals surface area contributed by atoms with Gasteiger partial charge in [0.25, 0.3) is 0 Å². The maximum Gasteiger partial charge on any atom is 0.316 e. The molecular weight excluding hydrogens is 474 g/mol. The number of benzene rings is 1. The molecule has 1 atom stereocenters. The van der Waals surface area contributed by atoms with Gasteiger partial charge in [0, 0.05) is 43.6 Å². The van der Waals surface area contributed by atoms with Crippen LogP contribution >= 0.6 is 11.6 Å². The Morgan fingerprint density at radius 1 is 1.12 bits per heavy atom. The lowest BCUT2D eigenvalue weighted by Gasteiger charge is -2.35. The third-order valence-corrected chi connectivity index (χ3v) is 7.38. The van der Waals surface area contributed by atoms with E-state index in [1.807, 2.05) is 16.4 Å². The van der Waals surface area contributed by atoms with E-state index in [-0.39, 0.29) is 11.3 Å². The largest absolute Gasteiger partial charge is 0.486 e. The molecule has 2 aromatic heterocycles. The van der Waals surface area contributed by atoms with Gasteiger partial charge >= 0.3 is 5.56 Å². The Morgan fingerprint density at radius 3 is 2.59 bits per heavy atom. The molecule has 0 amide bonds. The van der Waals surface area contributed by atoms with Crippen molar-refractivity contribution >= 4 is 28.3 Å². The molecule has 3 aromatic rings. The average Bonchev–Trinajstić information content (AvgIpc) is 2.86. The molecule has 3 heterocycles. The van der Waals surface area contributed by atoms with Crippen LogP contribution in [0.2, 0.25) is 5.02 Å². The number of hydrogen-bond donors (Lipinski definition) is 0. The number of pyridine rings is 1. The van der Waals surface area contributed by atoms with E-state index in [4.69, 9.17) is 16.3 Å². The normalized spacial score (nSPS) is 15.3. The molecule has 1 aliphatic rings.